The lowest BCUT2D eigenvalue weighted by Crippen LogP contribution is -2.32. The monoisotopic (exact) mass is 373 g/mol. The van der Waals surface area contributed by atoms with Crippen LogP contribution in [-0.2, 0) is 4.79 Å². The van der Waals surface area contributed by atoms with Crippen LogP contribution in [0.1, 0.15) is 19.3 Å². The molecule has 1 aromatic rings. The number of likely N-dealkylation sites (tertiary alicyclic amines) is 1. The zero-order valence-electron chi connectivity index (χ0n) is 11.5. The maximum absolute atomic E-state index is 13.0. The highest BCUT2D eigenvalue weighted by Gasteiger charge is 2.18. The van der Waals surface area contributed by atoms with Gasteiger partial charge in [0.25, 0.3) is 0 Å². The predicted octanol–water partition coefficient (Wildman–Crippen LogP) is 2.89. The van der Waals surface area contributed by atoms with E-state index in [1.807, 2.05) is 4.90 Å². The molecule has 0 radical (unpaired) electrons. The van der Waals surface area contributed by atoms with E-state index in [2.05, 4.69) is 26.6 Å². The number of hydrogen-bond donors (Lipinski definition) is 2. The van der Waals surface area contributed by atoms with E-state index in [1.54, 1.807) is 6.07 Å². The normalized spacial score (nSPS) is 14.4. The molecule has 0 spiro atoms. The Morgan fingerprint density at radius 3 is 2.95 bits per heavy atom. The van der Waals surface area contributed by atoms with E-state index in [0.717, 1.165) is 25.9 Å². The molecule has 21 heavy (non-hydrogen) atoms. The molecule has 1 aliphatic rings. The summed E-state index contributed by atoms with van der Waals surface area (Å²) in [6.07, 6.45) is 2.48. The largest absolute Gasteiger partial charge is 0.362 e. The molecule has 7 heteroatoms. The van der Waals surface area contributed by atoms with Crippen LogP contribution in [0.15, 0.2) is 22.7 Å². The van der Waals surface area contributed by atoms with E-state index in [4.69, 9.17) is 12.2 Å². The maximum atomic E-state index is 13.0. The van der Waals surface area contributed by atoms with Crippen molar-refractivity contribution in [2.24, 2.45) is 0 Å². The summed E-state index contributed by atoms with van der Waals surface area (Å²) in [6.45, 7) is 2.31. The van der Waals surface area contributed by atoms with Crippen LogP contribution in [0.25, 0.3) is 0 Å². The highest BCUT2D eigenvalue weighted by Crippen LogP contribution is 2.22. The van der Waals surface area contributed by atoms with Crippen LogP contribution in [-0.4, -0.2) is 35.6 Å². The fraction of sp³-hybridized carbons (Fsp3) is 0.429. The van der Waals surface area contributed by atoms with Crippen molar-refractivity contribution in [2.75, 3.05) is 25.0 Å². The number of nitrogens with one attached hydrogen (secondary N) is 2. The minimum Gasteiger partial charge on any atom is -0.362 e. The smallest absolute Gasteiger partial charge is 0.222 e. The number of nitrogens with zero attached hydrogens (tertiary/aromatic N) is 1. The van der Waals surface area contributed by atoms with Crippen molar-refractivity contribution in [2.45, 2.75) is 19.3 Å². The standard InChI is InChI=1S/C14H17BrFN3OS/c15-11-9-10(16)4-5-12(11)18-14(21)17-6-2-8-19-7-1-3-13(19)20/h4-5,9H,1-3,6-8H2,(H2,17,18,21). The maximum Gasteiger partial charge on any atom is 0.222 e. The summed E-state index contributed by atoms with van der Waals surface area (Å²) in [6, 6.07) is 4.37. The molecule has 1 saturated heterocycles. The average Bonchev–Trinajstić information content (AvgIpc) is 2.84. The summed E-state index contributed by atoms with van der Waals surface area (Å²) >= 11 is 8.46. The van der Waals surface area contributed by atoms with Gasteiger partial charge in [0.15, 0.2) is 5.11 Å². The number of carbonyl (C=O) groups is 1. The first-order chi connectivity index (χ1) is 10.1. The van der Waals surface area contributed by atoms with Crippen LogP contribution in [0.2, 0.25) is 0 Å². The van der Waals surface area contributed by atoms with Gasteiger partial charge >= 0.3 is 0 Å². The van der Waals surface area contributed by atoms with Gasteiger partial charge in [-0.25, -0.2) is 4.39 Å². The molecular weight excluding hydrogens is 357 g/mol. The van der Waals surface area contributed by atoms with Gasteiger partial charge in [0, 0.05) is 30.5 Å². The Kier molecular flexibility index (Phi) is 5.93. The highest BCUT2D eigenvalue weighted by atomic mass is 79.9. The Hall–Kier alpha value is -1.21. The number of thiocarbonyl (C=S) groups is 1. The quantitative estimate of drug-likeness (QED) is 0.615. The van der Waals surface area contributed by atoms with Gasteiger partial charge in [-0.3, -0.25) is 4.79 Å². The third kappa shape index (κ3) is 4.93. The molecule has 1 fully saturated rings. The van der Waals surface area contributed by atoms with E-state index in [0.29, 0.717) is 28.2 Å². The molecule has 1 aliphatic heterocycles. The first-order valence-electron chi connectivity index (χ1n) is 6.84. The molecule has 1 heterocycles. The number of hydrogen-bond acceptors (Lipinski definition) is 2. The van der Waals surface area contributed by atoms with Gasteiger partial charge in [0.05, 0.1) is 5.69 Å². The zero-order chi connectivity index (χ0) is 15.2. The molecule has 4 nitrogen and oxygen atoms in total. The molecule has 2 rings (SSSR count). The van der Waals surface area contributed by atoms with Crippen molar-refractivity contribution in [3.63, 3.8) is 0 Å². The van der Waals surface area contributed by atoms with Gasteiger partial charge < -0.3 is 15.5 Å². The fourth-order valence-corrected chi connectivity index (χ4v) is 2.83. The number of carbonyl (C=O) groups excluding carboxylic acids is 1. The van der Waals surface area contributed by atoms with E-state index in [-0.39, 0.29) is 11.7 Å². The number of amides is 1. The van der Waals surface area contributed by atoms with E-state index in [9.17, 15) is 9.18 Å². The lowest BCUT2D eigenvalue weighted by molar-refractivity contribution is -0.127. The summed E-state index contributed by atoms with van der Waals surface area (Å²) in [5.74, 6) is -0.0625. The molecular formula is C14H17BrFN3OS. The molecule has 1 aromatic carbocycles. The van der Waals surface area contributed by atoms with Crippen molar-refractivity contribution in [3.05, 3.63) is 28.5 Å². The third-order valence-corrected chi connectivity index (χ3v) is 4.14. The van der Waals surface area contributed by atoms with Crippen LogP contribution in [0.4, 0.5) is 10.1 Å². The lowest BCUT2D eigenvalue weighted by Gasteiger charge is -2.16. The summed E-state index contributed by atoms with van der Waals surface area (Å²) in [4.78, 5) is 13.3. The van der Waals surface area contributed by atoms with Gasteiger partial charge in [-0.05, 0) is 59.2 Å². The van der Waals surface area contributed by atoms with Crippen LogP contribution >= 0.6 is 28.1 Å². The summed E-state index contributed by atoms with van der Waals surface area (Å²) in [5, 5.41) is 6.56. The number of rotatable bonds is 5. The predicted molar refractivity (Wildman–Crippen MR) is 88.8 cm³/mol. The molecule has 0 bridgehead atoms. The first kappa shape index (κ1) is 16.2. The van der Waals surface area contributed by atoms with Crippen molar-refractivity contribution in [1.82, 2.24) is 10.2 Å². The molecule has 2 N–H and O–H groups in total. The van der Waals surface area contributed by atoms with Gasteiger partial charge in [0.2, 0.25) is 5.91 Å². The van der Waals surface area contributed by atoms with Crippen molar-refractivity contribution in [1.29, 1.82) is 0 Å². The van der Waals surface area contributed by atoms with Gasteiger partial charge in [-0.2, -0.15) is 0 Å². The van der Waals surface area contributed by atoms with Crippen molar-refractivity contribution in [3.8, 4) is 0 Å². The molecule has 1 amide bonds. The zero-order valence-corrected chi connectivity index (χ0v) is 13.9. The van der Waals surface area contributed by atoms with E-state index >= 15 is 0 Å². The van der Waals surface area contributed by atoms with E-state index < -0.39 is 0 Å². The second kappa shape index (κ2) is 7.70. The molecule has 0 unspecified atom stereocenters. The Bertz CT molecular complexity index is 541. The van der Waals surface area contributed by atoms with Crippen molar-refractivity contribution >= 4 is 44.9 Å². The Morgan fingerprint density at radius 2 is 2.29 bits per heavy atom. The Balaban J connectivity index is 1.68. The molecule has 0 saturated carbocycles. The second-order valence-electron chi connectivity index (χ2n) is 4.84. The Labute approximate surface area is 137 Å². The third-order valence-electron chi connectivity index (χ3n) is 3.24. The molecule has 114 valence electrons. The van der Waals surface area contributed by atoms with Crippen molar-refractivity contribution < 1.29 is 9.18 Å². The number of anilines is 1. The van der Waals surface area contributed by atoms with Gasteiger partial charge in [-0.15, -0.1) is 0 Å². The average molecular weight is 374 g/mol. The highest BCUT2D eigenvalue weighted by molar-refractivity contribution is 9.10. The topological polar surface area (TPSA) is 44.4 Å². The van der Waals surface area contributed by atoms with Crippen LogP contribution in [0, 0.1) is 5.82 Å². The minimum atomic E-state index is -0.304. The summed E-state index contributed by atoms with van der Waals surface area (Å²) in [7, 11) is 0. The van der Waals surface area contributed by atoms with Gasteiger partial charge in [-0.1, -0.05) is 0 Å². The summed E-state index contributed by atoms with van der Waals surface area (Å²) in [5.41, 5.74) is 0.712. The van der Waals surface area contributed by atoms with Crippen LogP contribution in [0.5, 0.6) is 0 Å². The Morgan fingerprint density at radius 1 is 1.48 bits per heavy atom. The molecule has 0 aliphatic carbocycles. The number of benzene rings is 1. The van der Waals surface area contributed by atoms with Gasteiger partial charge in [0.1, 0.15) is 5.82 Å². The number of halogens is 2. The lowest BCUT2D eigenvalue weighted by atomic mass is 10.3. The molecule has 0 aromatic heterocycles. The summed E-state index contributed by atoms with van der Waals surface area (Å²) < 4.78 is 13.6. The minimum absolute atomic E-state index is 0.242. The van der Waals surface area contributed by atoms with Crippen LogP contribution in [0.3, 0.4) is 0 Å². The molecule has 0 atom stereocenters. The fourth-order valence-electron chi connectivity index (χ4n) is 2.17. The SMILES string of the molecule is O=C1CCCN1CCCNC(=S)Nc1ccc(F)cc1Br. The second-order valence-corrected chi connectivity index (χ2v) is 6.11. The first-order valence-corrected chi connectivity index (χ1v) is 8.04. The van der Waals surface area contributed by atoms with Crippen LogP contribution < -0.4 is 10.6 Å². The van der Waals surface area contributed by atoms with E-state index in [1.165, 1.54) is 12.1 Å².